The third-order valence-electron chi connectivity index (χ3n) is 3.02. The van der Waals surface area contributed by atoms with Crippen molar-refractivity contribution in [1.82, 2.24) is 15.1 Å². The first-order valence-corrected chi connectivity index (χ1v) is 6.51. The van der Waals surface area contributed by atoms with Crippen LogP contribution in [0.15, 0.2) is 12.3 Å². The van der Waals surface area contributed by atoms with E-state index in [9.17, 15) is 26.3 Å². The average molecular weight is 317 g/mol. The molecule has 1 rings (SSSR count). The first-order chi connectivity index (χ1) is 9.62. The van der Waals surface area contributed by atoms with E-state index in [1.165, 1.54) is 12.3 Å². The lowest BCUT2D eigenvalue weighted by atomic mass is 9.95. The molecule has 0 bridgehead atoms. The standard InChI is InChI=1S/C12H17F6N3/c1-3-6-19-9(8-5-7-20-21(8)4-2)10(11(13,14)15)12(16,17)18/h5,7,9-10,19H,3-4,6H2,1-2H3. The molecule has 1 aromatic heterocycles. The van der Waals surface area contributed by atoms with E-state index in [0.29, 0.717) is 6.42 Å². The zero-order chi connectivity index (χ0) is 16.3. The van der Waals surface area contributed by atoms with Gasteiger partial charge in [-0.25, -0.2) is 0 Å². The summed E-state index contributed by atoms with van der Waals surface area (Å²) in [4.78, 5) is 0. The fraction of sp³-hybridized carbons (Fsp3) is 0.750. The van der Waals surface area contributed by atoms with Crippen molar-refractivity contribution in [2.24, 2.45) is 5.92 Å². The Bertz CT molecular complexity index is 423. The highest BCUT2D eigenvalue weighted by molar-refractivity contribution is 5.11. The molecule has 0 aliphatic rings. The molecule has 0 aliphatic heterocycles. The Morgan fingerprint density at radius 1 is 1.14 bits per heavy atom. The molecule has 122 valence electrons. The van der Waals surface area contributed by atoms with E-state index >= 15 is 0 Å². The highest BCUT2D eigenvalue weighted by Crippen LogP contribution is 2.46. The molecule has 0 amide bonds. The summed E-state index contributed by atoms with van der Waals surface area (Å²) in [5, 5.41) is 6.11. The van der Waals surface area contributed by atoms with Gasteiger partial charge in [-0.15, -0.1) is 0 Å². The fourth-order valence-corrected chi connectivity index (χ4v) is 2.13. The van der Waals surface area contributed by atoms with Crippen LogP contribution >= 0.6 is 0 Å². The lowest BCUT2D eigenvalue weighted by Crippen LogP contribution is -2.46. The molecular formula is C12H17F6N3. The number of alkyl halides is 6. The molecule has 1 unspecified atom stereocenters. The number of halogens is 6. The fourth-order valence-electron chi connectivity index (χ4n) is 2.13. The molecule has 1 N–H and O–H groups in total. The normalized spacial score (nSPS) is 14.7. The van der Waals surface area contributed by atoms with E-state index in [4.69, 9.17) is 0 Å². The molecule has 3 nitrogen and oxygen atoms in total. The summed E-state index contributed by atoms with van der Waals surface area (Å²) >= 11 is 0. The van der Waals surface area contributed by atoms with Crippen LogP contribution in [0.1, 0.15) is 32.0 Å². The second-order valence-electron chi connectivity index (χ2n) is 4.56. The third kappa shape index (κ3) is 4.36. The minimum absolute atomic E-state index is 0.0439. The number of nitrogens with zero attached hydrogens (tertiary/aromatic N) is 2. The van der Waals surface area contributed by atoms with E-state index < -0.39 is 24.3 Å². The summed E-state index contributed by atoms with van der Waals surface area (Å²) in [5.74, 6) is -3.47. The number of rotatable bonds is 6. The minimum Gasteiger partial charge on any atom is -0.308 e. The van der Waals surface area contributed by atoms with Crippen LogP contribution in [0.5, 0.6) is 0 Å². The molecule has 9 heteroatoms. The van der Waals surface area contributed by atoms with E-state index in [1.807, 2.05) is 0 Å². The Morgan fingerprint density at radius 2 is 1.71 bits per heavy atom. The molecule has 1 aromatic rings. The summed E-state index contributed by atoms with van der Waals surface area (Å²) in [6.07, 6.45) is -9.18. The van der Waals surface area contributed by atoms with Crippen LogP contribution in [0, 0.1) is 5.92 Å². The van der Waals surface area contributed by atoms with E-state index in [1.54, 1.807) is 13.8 Å². The van der Waals surface area contributed by atoms with Gasteiger partial charge in [-0.1, -0.05) is 6.92 Å². The van der Waals surface area contributed by atoms with Gasteiger partial charge in [0.15, 0.2) is 5.92 Å². The second-order valence-corrected chi connectivity index (χ2v) is 4.56. The third-order valence-corrected chi connectivity index (χ3v) is 3.02. The zero-order valence-electron chi connectivity index (χ0n) is 11.6. The number of hydrogen-bond donors (Lipinski definition) is 1. The molecule has 0 aromatic carbocycles. The average Bonchev–Trinajstić information content (AvgIpc) is 2.78. The Kier molecular flexibility index (Phi) is 5.66. The van der Waals surface area contributed by atoms with Gasteiger partial charge in [0.25, 0.3) is 0 Å². The van der Waals surface area contributed by atoms with Crippen LogP contribution in [0.2, 0.25) is 0 Å². The number of aryl methyl sites for hydroxylation is 1. The van der Waals surface area contributed by atoms with Crippen LogP contribution in [0.25, 0.3) is 0 Å². The highest BCUT2D eigenvalue weighted by Gasteiger charge is 2.60. The summed E-state index contributed by atoms with van der Waals surface area (Å²) in [5.41, 5.74) is -0.120. The predicted octanol–water partition coefficient (Wildman–Crippen LogP) is 3.68. The van der Waals surface area contributed by atoms with Gasteiger partial charge in [0.05, 0.1) is 11.7 Å². The van der Waals surface area contributed by atoms with Crippen molar-refractivity contribution in [2.45, 2.75) is 45.2 Å². The molecule has 0 radical (unpaired) electrons. The van der Waals surface area contributed by atoms with Gasteiger partial charge < -0.3 is 5.32 Å². The number of nitrogens with one attached hydrogen (secondary N) is 1. The monoisotopic (exact) mass is 317 g/mol. The lowest BCUT2D eigenvalue weighted by Gasteiger charge is -2.31. The molecule has 1 heterocycles. The van der Waals surface area contributed by atoms with Crippen molar-refractivity contribution in [3.8, 4) is 0 Å². The maximum absolute atomic E-state index is 12.9. The van der Waals surface area contributed by atoms with Gasteiger partial charge >= 0.3 is 12.4 Å². The van der Waals surface area contributed by atoms with Crippen molar-refractivity contribution in [3.63, 3.8) is 0 Å². The van der Waals surface area contributed by atoms with Crippen LogP contribution in [0.3, 0.4) is 0 Å². The maximum Gasteiger partial charge on any atom is 0.402 e. The molecule has 1 atom stereocenters. The molecule has 0 spiro atoms. The van der Waals surface area contributed by atoms with Gasteiger partial charge in [-0.3, -0.25) is 4.68 Å². The predicted molar refractivity (Wildman–Crippen MR) is 64.5 cm³/mol. The molecule has 0 fully saturated rings. The summed E-state index contributed by atoms with van der Waals surface area (Å²) in [7, 11) is 0. The number of hydrogen-bond acceptors (Lipinski definition) is 2. The Morgan fingerprint density at radius 3 is 2.14 bits per heavy atom. The quantitative estimate of drug-likeness (QED) is 0.811. The molecule has 0 aliphatic carbocycles. The Labute approximate surface area is 118 Å². The van der Waals surface area contributed by atoms with Gasteiger partial charge in [-0.05, 0) is 26.0 Å². The van der Waals surface area contributed by atoms with Gasteiger partial charge in [0.1, 0.15) is 0 Å². The smallest absolute Gasteiger partial charge is 0.308 e. The molecular weight excluding hydrogens is 300 g/mol. The van der Waals surface area contributed by atoms with E-state index in [0.717, 1.165) is 4.68 Å². The largest absolute Gasteiger partial charge is 0.402 e. The molecule has 21 heavy (non-hydrogen) atoms. The van der Waals surface area contributed by atoms with Crippen molar-refractivity contribution >= 4 is 0 Å². The number of aromatic nitrogens is 2. The van der Waals surface area contributed by atoms with Gasteiger partial charge in [0, 0.05) is 12.7 Å². The van der Waals surface area contributed by atoms with Crippen molar-refractivity contribution in [3.05, 3.63) is 18.0 Å². The van der Waals surface area contributed by atoms with E-state index in [-0.39, 0.29) is 18.8 Å². The maximum atomic E-state index is 12.9. The highest BCUT2D eigenvalue weighted by atomic mass is 19.4. The van der Waals surface area contributed by atoms with Crippen molar-refractivity contribution in [2.75, 3.05) is 6.54 Å². The summed E-state index contributed by atoms with van der Waals surface area (Å²) < 4.78 is 78.7. The van der Waals surface area contributed by atoms with Crippen LogP contribution in [0.4, 0.5) is 26.3 Å². The van der Waals surface area contributed by atoms with Crippen LogP contribution in [-0.4, -0.2) is 28.7 Å². The lowest BCUT2D eigenvalue weighted by molar-refractivity contribution is -0.293. The van der Waals surface area contributed by atoms with Crippen LogP contribution in [-0.2, 0) is 6.54 Å². The SMILES string of the molecule is CCCNC(c1ccnn1CC)C(C(F)(F)F)C(F)(F)F. The molecule has 0 saturated carbocycles. The summed E-state index contributed by atoms with van der Waals surface area (Å²) in [6.45, 7) is 3.50. The molecule has 0 saturated heterocycles. The van der Waals surface area contributed by atoms with Crippen molar-refractivity contribution < 1.29 is 26.3 Å². The van der Waals surface area contributed by atoms with Crippen molar-refractivity contribution in [1.29, 1.82) is 0 Å². The zero-order valence-corrected chi connectivity index (χ0v) is 11.6. The minimum atomic E-state index is -5.40. The Hall–Kier alpha value is -1.25. The second kappa shape index (κ2) is 6.67. The summed E-state index contributed by atoms with van der Waals surface area (Å²) in [6, 6.07) is -0.728. The van der Waals surface area contributed by atoms with Gasteiger partial charge in [0.2, 0.25) is 0 Å². The topological polar surface area (TPSA) is 29.9 Å². The first-order valence-electron chi connectivity index (χ1n) is 6.51. The van der Waals surface area contributed by atoms with E-state index in [2.05, 4.69) is 10.4 Å². The first kappa shape index (κ1) is 17.8. The Balaban J connectivity index is 3.27. The van der Waals surface area contributed by atoms with Crippen LogP contribution < -0.4 is 5.32 Å². The van der Waals surface area contributed by atoms with Gasteiger partial charge in [-0.2, -0.15) is 31.4 Å².